The van der Waals surface area contributed by atoms with Crippen molar-refractivity contribution in [3.8, 4) is 5.75 Å². The van der Waals surface area contributed by atoms with E-state index in [0.717, 1.165) is 16.9 Å². The number of nitrogens with one attached hydrogen (secondary N) is 1. The largest absolute Gasteiger partial charge is 0.493 e. The van der Waals surface area contributed by atoms with Crippen LogP contribution in [0.5, 0.6) is 5.75 Å². The van der Waals surface area contributed by atoms with E-state index in [4.69, 9.17) is 4.74 Å². The van der Waals surface area contributed by atoms with Crippen LogP contribution in [0.3, 0.4) is 0 Å². The third-order valence-corrected chi connectivity index (χ3v) is 3.83. The van der Waals surface area contributed by atoms with Gasteiger partial charge in [-0.05, 0) is 49.9 Å². The van der Waals surface area contributed by atoms with Gasteiger partial charge in [0.1, 0.15) is 5.75 Å². The zero-order valence-electron chi connectivity index (χ0n) is 14.1. The Hall–Kier alpha value is -2.29. The van der Waals surface area contributed by atoms with Gasteiger partial charge in [0.15, 0.2) is 0 Å². The van der Waals surface area contributed by atoms with E-state index in [0.29, 0.717) is 19.4 Å². The Kier molecular flexibility index (Phi) is 6.21. The van der Waals surface area contributed by atoms with Gasteiger partial charge in [0.05, 0.1) is 12.6 Å². The van der Waals surface area contributed by atoms with Crippen LogP contribution in [0.2, 0.25) is 0 Å². The fourth-order valence-corrected chi connectivity index (χ4v) is 2.42. The first-order chi connectivity index (χ1) is 11.1. The lowest BCUT2D eigenvalue weighted by Crippen LogP contribution is -2.26. The number of carbonyl (C=O) groups is 1. The molecule has 0 aliphatic heterocycles. The summed E-state index contributed by atoms with van der Waals surface area (Å²) in [5.41, 5.74) is 3.42. The molecule has 122 valence electrons. The van der Waals surface area contributed by atoms with Gasteiger partial charge in [-0.1, -0.05) is 42.5 Å². The standard InChI is InChI=1S/C20H25NO2/c1-15-11-12-16(2)19(14-15)23-13-7-10-20(22)21-17(3)18-8-5-4-6-9-18/h4-6,8-9,11-12,14,17H,7,10,13H2,1-3H3,(H,21,22). The van der Waals surface area contributed by atoms with Crippen LogP contribution in [0.4, 0.5) is 0 Å². The smallest absolute Gasteiger partial charge is 0.220 e. The minimum Gasteiger partial charge on any atom is -0.493 e. The van der Waals surface area contributed by atoms with Gasteiger partial charge < -0.3 is 10.1 Å². The van der Waals surface area contributed by atoms with Gasteiger partial charge in [-0.25, -0.2) is 0 Å². The van der Waals surface area contributed by atoms with Crippen LogP contribution < -0.4 is 10.1 Å². The second-order valence-corrected chi connectivity index (χ2v) is 5.92. The van der Waals surface area contributed by atoms with Gasteiger partial charge in [0.2, 0.25) is 5.91 Å². The van der Waals surface area contributed by atoms with E-state index in [1.807, 2.05) is 57.2 Å². The van der Waals surface area contributed by atoms with Crippen molar-refractivity contribution in [1.82, 2.24) is 5.32 Å². The first-order valence-electron chi connectivity index (χ1n) is 8.10. The number of hydrogen-bond acceptors (Lipinski definition) is 2. The van der Waals surface area contributed by atoms with Crippen molar-refractivity contribution in [2.24, 2.45) is 0 Å². The molecule has 0 saturated carbocycles. The first kappa shape index (κ1) is 17.1. The summed E-state index contributed by atoms with van der Waals surface area (Å²) >= 11 is 0. The van der Waals surface area contributed by atoms with Crippen molar-refractivity contribution < 1.29 is 9.53 Å². The SMILES string of the molecule is Cc1ccc(C)c(OCCCC(=O)NC(C)c2ccccc2)c1. The zero-order chi connectivity index (χ0) is 16.7. The minimum absolute atomic E-state index is 0.0311. The molecule has 0 heterocycles. The Morgan fingerprint density at radius 3 is 2.61 bits per heavy atom. The number of hydrogen-bond donors (Lipinski definition) is 1. The molecule has 2 rings (SSSR count). The maximum Gasteiger partial charge on any atom is 0.220 e. The summed E-state index contributed by atoms with van der Waals surface area (Å²) in [5, 5.41) is 3.02. The van der Waals surface area contributed by atoms with E-state index in [1.165, 1.54) is 5.56 Å². The molecule has 2 aromatic carbocycles. The van der Waals surface area contributed by atoms with E-state index in [-0.39, 0.29) is 11.9 Å². The van der Waals surface area contributed by atoms with Crippen LogP contribution in [-0.2, 0) is 4.79 Å². The fourth-order valence-electron chi connectivity index (χ4n) is 2.42. The molecule has 1 atom stereocenters. The van der Waals surface area contributed by atoms with Crippen molar-refractivity contribution in [1.29, 1.82) is 0 Å². The topological polar surface area (TPSA) is 38.3 Å². The van der Waals surface area contributed by atoms with Crippen LogP contribution >= 0.6 is 0 Å². The van der Waals surface area contributed by atoms with Gasteiger partial charge in [0, 0.05) is 6.42 Å². The van der Waals surface area contributed by atoms with E-state index in [9.17, 15) is 4.79 Å². The first-order valence-corrected chi connectivity index (χ1v) is 8.10. The third-order valence-electron chi connectivity index (χ3n) is 3.83. The summed E-state index contributed by atoms with van der Waals surface area (Å²) in [5.74, 6) is 0.967. The highest BCUT2D eigenvalue weighted by molar-refractivity contribution is 5.76. The van der Waals surface area contributed by atoms with E-state index < -0.39 is 0 Å². The molecule has 1 N–H and O–H groups in total. The van der Waals surface area contributed by atoms with Crippen LogP contribution in [0.1, 0.15) is 42.5 Å². The third kappa shape index (κ3) is 5.44. The van der Waals surface area contributed by atoms with Crippen molar-refractivity contribution >= 4 is 5.91 Å². The molecule has 0 saturated heterocycles. The second-order valence-electron chi connectivity index (χ2n) is 5.92. The molecule has 0 aliphatic carbocycles. The summed E-state index contributed by atoms with van der Waals surface area (Å²) in [6.45, 7) is 6.63. The average Bonchev–Trinajstić information content (AvgIpc) is 2.55. The Morgan fingerprint density at radius 1 is 1.13 bits per heavy atom. The summed E-state index contributed by atoms with van der Waals surface area (Å²) < 4.78 is 5.78. The molecule has 3 heteroatoms. The highest BCUT2D eigenvalue weighted by atomic mass is 16.5. The molecule has 0 fully saturated rings. The van der Waals surface area contributed by atoms with E-state index in [1.54, 1.807) is 0 Å². The molecular weight excluding hydrogens is 286 g/mol. The lowest BCUT2D eigenvalue weighted by Gasteiger charge is -2.14. The number of amides is 1. The van der Waals surface area contributed by atoms with Crippen molar-refractivity contribution in [3.05, 3.63) is 65.2 Å². The van der Waals surface area contributed by atoms with Crippen LogP contribution in [0.25, 0.3) is 0 Å². The Labute approximate surface area is 138 Å². The molecule has 0 bridgehead atoms. The van der Waals surface area contributed by atoms with Crippen molar-refractivity contribution in [2.45, 2.75) is 39.7 Å². The summed E-state index contributed by atoms with van der Waals surface area (Å²) in [6.07, 6.45) is 1.18. The highest BCUT2D eigenvalue weighted by Crippen LogP contribution is 2.19. The van der Waals surface area contributed by atoms with Crippen LogP contribution in [-0.4, -0.2) is 12.5 Å². The summed E-state index contributed by atoms with van der Waals surface area (Å²) in [4.78, 5) is 12.0. The number of benzene rings is 2. The molecule has 3 nitrogen and oxygen atoms in total. The monoisotopic (exact) mass is 311 g/mol. The Balaban J connectivity index is 1.72. The molecule has 1 unspecified atom stereocenters. The molecular formula is C20H25NO2. The predicted molar refractivity (Wildman–Crippen MR) is 93.6 cm³/mol. The molecule has 1 amide bonds. The van der Waals surface area contributed by atoms with Gasteiger partial charge in [0.25, 0.3) is 0 Å². The molecule has 23 heavy (non-hydrogen) atoms. The minimum atomic E-state index is 0.0311. The predicted octanol–water partition coefficient (Wildman–Crippen LogP) is 4.34. The van der Waals surface area contributed by atoms with Gasteiger partial charge >= 0.3 is 0 Å². The normalized spacial score (nSPS) is 11.8. The van der Waals surface area contributed by atoms with Crippen molar-refractivity contribution in [3.63, 3.8) is 0 Å². The summed E-state index contributed by atoms with van der Waals surface area (Å²) in [7, 11) is 0. The Morgan fingerprint density at radius 2 is 1.87 bits per heavy atom. The zero-order valence-corrected chi connectivity index (χ0v) is 14.1. The fraction of sp³-hybridized carbons (Fsp3) is 0.350. The number of rotatable bonds is 7. The number of ether oxygens (including phenoxy) is 1. The molecule has 0 spiro atoms. The van der Waals surface area contributed by atoms with E-state index >= 15 is 0 Å². The van der Waals surface area contributed by atoms with Gasteiger partial charge in [-0.2, -0.15) is 0 Å². The molecule has 2 aromatic rings. The van der Waals surface area contributed by atoms with E-state index in [2.05, 4.69) is 17.4 Å². The lowest BCUT2D eigenvalue weighted by molar-refractivity contribution is -0.121. The van der Waals surface area contributed by atoms with Crippen molar-refractivity contribution in [2.75, 3.05) is 6.61 Å². The quantitative estimate of drug-likeness (QED) is 0.772. The highest BCUT2D eigenvalue weighted by Gasteiger charge is 2.09. The molecule has 0 aromatic heterocycles. The number of aryl methyl sites for hydroxylation is 2. The van der Waals surface area contributed by atoms with Crippen LogP contribution in [0.15, 0.2) is 48.5 Å². The summed E-state index contributed by atoms with van der Waals surface area (Å²) in [6, 6.07) is 16.2. The van der Waals surface area contributed by atoms with Gasteiger partial charge in [-0.3, -0.25) is 4.79 Å². The molecule has 0 aliphatic rings. The maximum absolute atomic E-state index is 12.0. The second kappa shape index (κ2) is 8.37. The average molecular weight is 311 g/mol. The maximum atomic E-state index is 12.0. The van der Waals surface area contributed by atoms with Crippen LogP contribution in [0, 0.1) is 13.8 Å². The lowest BCUT2D eigenvalue weighted by atomic mass is 10.1. The molecule has 0 radical (unpaired) electrons. The number of carbonyl (C=O) groups excluding carboxylic acids is 1. The Bertz CT molecular complexity index is 637. The van der Waals surface area contributed by atoms with Gasteiger partial charge in [-0.15, -0.1) is 0 Å².